The predicted molar refractivity (Wildman–Crippen MR) is 139 cm³/mol. The van der Waals surface area contributed by atoms with Crippen LogP contribution < -0.4 is 5.73 Å². The molecule has 0 atom stereocenters. The standard InChI is InChI=1S/C24H28.C4H8O.CH5N/c1-3-5-6-8-20-11-14-24-18-23(16-15-22(24)17-20)21-12-9-19(7-4-2)10-13-21;1-4(2)3-5;1-2/h9-18H,3-8H2,1-2H3;5H,1,3H2,2H3;2H2,1H3. The van der Waals surface area contributed by atoms with Gasteiger partial charge in [-0.2, -0.15) is 0 Å². The summed E-state index contributed by atoms with van der Waals surface area (Å²) in [6, 6.07) is 22.8. The van der Waals surface area contributed by atoms with Crippen LogP contribution >= 0.6 is 0 Å². The van der Waals surface area contributed by atoms with Crippen molar-refractivity contribution in [1.82, 2.24) is 0 Å². The van der Waals surface area contributed by atoms with Crippen LogP contribution in [0.4, 0.5) is 0 Å². The molecule has 2 nitrogen and oxygen atoms in total. The van der Waals surface area contributed by atoms with Crippen LogP contribution in [-0.2, 0) is 12.8 Å². The van der Waals surface area contributed by atoms with Gasteiger partial charge in [-0.25, -0.2) is 0 Å². The molecular formula is C29H41NO. The number of aryl methyl sites for hydroxylation is 2. The number of benzene rings is 3. The van der Waals surface area contributed by atoms with Crippen molar-refractivity contribution in [2.24, 2.45) is 5.73 Å². The second kappa shape index (κ2) is 15.4. The zero-order chi connectivity index (χ0) is 23.1. The molecule has 168 valence electrons. The van der Waals surface area contributed by atoms with E-state index in [2.05, 4.69) is 86.8 Å². The Morgan fingerprint density at radius 3 is 1.87 bits per heavy atom. The molecule has 0 fully saturated rings. The molecule has 0 aromatic heterocycles. The van der Waals surface area contributed by atoms with Crippen LogP contribution in [0.25, 0.3) is 21.9 Å². The molecule has 3 aromatic carbocycles. The number of aliphatic hydroxyl groups excluding tert-OH is 1. The second-order valence-corrected chi connectivity index (χ2v) is 7.92. The highest BCUT2D eigenvalue weighted by Gasteiger charge is 2.02. The first-order chi connectivity index (χ1) is 15.1. The van der Waals surface area contributed by atoms with Gasteiger partial charge in [0.15, 0.2) is 0 Å². The van der Waals surface area contributed by atoms with E-state index in [1.54, 1.807) is 6.92 Å². The van der Waals surface area contributed by atoms with E-state index < -0.39 is 0 Å². The van der Waals surface area contributed by atoms with Crippen LogP contribution in [0, 0.1) is 0 Å². The maximum atomic E-state index is 8.04. The van der Waals surface area contributed by atoms with Crippen molar-refractivity contribution in [3.8, 4) is 11.1 Å². The lowest BCUT2D eigenvalue weighted by atomic mass is 9.97. The summed E-state index contributed by atoms with van der Waals surface area (Å²) < 4.78 is 0. The van der Waals surface area contributed by atoms with E-state index in [0.717, 1.165) is 5.57 Å². The summed E-state index contributed by atoms with van der Waals surface area (Å²) in [6.07, 6.45) is 7.47. The first-order valence-corrected chi connectivity index (χ1v) is 11.5. The molecule has 0 radical (unpaired) electrons. The van der Waals surface area contributed by atoms with Gasteiger partial charge in [0, 0.05) is 0 Å². The van der Waals surface area contributed by atoms with Crippen LogP contribution in [0.3, 0.4) is 0 Å². The number of rotatable bonds is 8. The Bertz CT molecular complexity index is 896. The average Bonchev–Trinajstić information content (AvgIpc) is 2.81. The number of hydrogen-bond donors (Lipinski definition) is 2. The van der Waals surface area contributed by atoms with Crippen molar-refractivity contribution in [1.29, 1.82) is 0 Å². The normalized spacial score (nSPS) is 10.0. The highest BCUT2D eigenvalue weighted by Crippen LogP contribution is 2.26. The highest BCUT2D eigenvalue weighted by atomic mass is 16.3. The fourth-order valence-corrected chi connectivity index (χ4v) is 3.36. The largest absolute Gasteiger partial charge is 0.392 e. The lowest BCUT2D eigenvalue weighted by Gasteiger charge is -2.08. The van der Waals surface area contributed by atoms with Gasteiger partial charge < -0.3 is 10.8 Å². The van der Waals surface area contributed by atoms with E-state index in [9.17, 15) is 0 Å². The van der Waals surface area contributed by atoms with Crippen molar-refractivity contribution in [2.45, 2.75) is 59.3 Å². The Morgan fingerprint density at radius 2 is 1.29 bits per heavy atom. The predicted octanol–water partition coefficient (Wildman–Crippen LogP) is 7.32. The third-order valence-corrected chi connectivity index (χ3v) is 5.07. The van der Waals surface area contributed by atoms with E-state index in [-0.39, 0.29) is 6.61 Å². The Kier molecular flexibility index (Phi) is 13.2. The molecule has 0 spiro atoms. The molecule has 0 aliphatic heterocycles. The number of hydrogen-bond acceptors (Lipinski definition) is 2. The van der Waals surface area contributed by atoms with Gasteiger partial charge in [-0.1, -0.05) is 99.9 Å². The fourth-order valence-electron chi connectivity index (χ4n) is 3.36. The van der Waals surface area contributed by atoms with Crippen molar-refractivity contribution in [3.05, 3.63) is 83.9 Å². The fraction of sp³-hybridized carbons (Fsp3) is 0.379. The Balaban J connectivity index is 0.000000605. The summed E-state index contributed by atoms with van der Waals surface area (Å²) in [5, 5.41) is 10.7. The van der Waals surface area contributed by atoms with E-state index in [1.165, 1.54) is 78.6 Å². The molecule has 3 rings (SSSR count). The smallest absolute Gasteiger partial charge is 0.0636 e. The number of fused-ring (bicyclic) bond motifs is 1. The van der Waals surface area contributed by atoms with Crippen molar-refractivity contribution >= 4 is 10.8 Å². The van der Waals surface area contributed by atoms with Crippen LogP contribution in [0.2, 0.25) is 0 Å². The van der Waals surface area contributed by atoms with Crippen LogP contribution in [-0.4, -0.2) is 18.8 Å². The molecule has 0 aliphatic rings. The molecule has 0 aliphatic carbocycles. The molecule has 0 saturated carbocycles. The summed E-state index contributed by atoms with van der Waals surface area (Å²) in [5.41, 5.74) is 10.8. The van der Waals surface area contributed by atoms with Gasteiger partial charge in [-0.3, -0.25) is 0 Å². The number of aliphatic hydroxyl groups is 1. The van der Waals surface area contributed by atoms with Crippen LogP contribution in [0.15, 0.2) is 72.8 Å². The zero-order valence-corrected chi connectivity index (χ0v) is 20.0. The van der Waals surface area contributed by atoms with E-state index in [4.69, 9.17) is 5.11 Å². The van der Waals surface area contributed by atoms with Crippen molar-refractivity contribution < 1.29 is 5.11 Å². The van der Waals surface area contributed by atoms with Gasteiger partial charge in [-0.15, -0.1) is 0 Å². The van der Waals surface area contributed by atoms with E-state index in [1.807, 2.05) is 0 Å². The third kappa shape index (κ3) is 9.50. The summed E-state index contributed by atoms with van der Waals surface area (Å²) in [5.74, 6) is 0. The number of nitrogens with two attached hydrogens (primary N) is 1. The van der Waals surface area contributed by atoms with Gasteiger partial charge in [0.05, 0.1) is 6.61 Å². The number of unbranched alkanes of at least 4 members (excludes halogenated alkanes) is 2. The minimum atomic E-state index is 0.111. The molecule has 31 heavy (non-hydrogen) atoms. The van der Waals surface area contributed by atoms with Gasteiger partial charge in [0.2, 0.25) is 0 Å². The SMILES string of the molecule is C=C(C)CO.CCCCCc1ccc2cc(-c3ccc(CCC)cc3)ccc2c1.CN. The minimum Gasteiger partial charge on any atom is -0.392 e. The Hall–Kier alpha value is -2.42. The summed E-state index contributed by atoms with van der Waals surface area (Å²) >= 11 is 0. The monoisotopic (exact) mass is 419 g/mol. The molecular weight excluding hydrogens is 378 g/mol. The first kappa shape index (κ1) is 26.6. The molecule has 0 amide bonds. The Morgan fingerprint density at radius 1 is 0.742 bits per heavy atom. The van der Waals surface area contributed by atoms with Crippen molar-refractivity contribution in [3.63, 3.8) is 0 Å². The highest BCUT2D eigenvalue weighted by molar-refractivity contribution is 5.87. The molecule has 3 aromatic rings. The molecule has 3 N–H and O–H groups in total. The maximum Gasteiger partial charge on any atom is 0.0636 e. The minimum absolute atomic E-state index is 0.111. The third-order valence-electron chi connectivity index (χ3n) is 5.07. The van der Waals surface area contributed by atoms with E-state index >= 15 is 0 Å². The molecule has 0 unspecified atom stereocenters. The molecule has 0 bridgehead atoms. The molecule has 0 saturated heterocycles. The van der Waals surface area contributed by atoms with E-state index in [0.29, 0.717) is 0 Å². The summed E-state index contributed by atoms with van der Waals surface area (Å²) in [4.78, 5) is 0. The maximum absolute atomic E-state index is 8.04. The molecule has 2 heteroatoms. The topological polar surface area (TPSA) is 46.2 Å². The average molecular weight is 420 g/mol. The van der Waals surface area contributed by atoms with Gasteiger partial charge in [0.25, 0.3) is 0 Å². The van der Waals surface area contributed by atoms with Crippen LogP contribution in [0.5, 0.6) is 0 Å². The second-order valence-electron chi connectivity index (χ2n) is 7.92. The van der Waals surface area contributed by atoms with Crippen LogP contribution in [0.1, 0.15) is 57.6 Å². The van der Waals surface area contributed by atoms with Gasteiger partial charge in [0.1, 0.15) is 0 Å². The first-order valence-electron chi connectivity index (χ1n) is 11.5. The quantitative estimate of drug-likeness (QED) is 0.297. The van der Waals surface area contributed by atoms with Crippen molar-refractivity contribution in [2.75, 3.05) is 13.7 Å². The van der Waals surface area contributed by atoms with Gasteiger partial charge >= 0.3 is 0 Å². The summed E-state index contributed by atoms with van der Waals surface area (Å²) in [7, 11) is 1.50. The summed E-state index contributed by atoms with van der Waals surface area (Å²) in [6.45, 7) is 9.80. The lowest BCUT2D eigenvalue weighted by molar-refractivity contribution is 0.332. The lowest BCUT2D eigenvalue weighted by Crippen LogP contribution is -1.87. The Labute approximate surface area is 189 Å². The van der Waals surface area contributed by atoms with Gasteiger partial charge in [-0.05, 0) is 72.3 Å². The molecule has 0 heterocycles. The zero-order valence-electron chi connectivity index (χ0n) is 20.0.